The van der Waals surface area contributed by atoms with Crippen molar-refractivity contribution in [2.24, 2.45) is 23.5 Å². The summed E-state index contributed by atoms with van der Waals surface area (Å²) in [5.41, 5.74) is 6.80. The van der Waals surface area contributed by atoms with Crippen LogP contribution in [0.5, 0.6) is 0 Å². The average Bonchev–Trinajstić information content (AvgIpc) is 3.72. The van der Waals surface area contributed by atoms with Crippen LogP contribution < -0.4 is 21.7 Å². The van der Waals surface area contributed by atoms with Crippen LogP contribution in [0.2, 0.25) is 0 Å². The molecule has 2 saturated heterocycles. The monoisotopic (exact) mass is 670 g/mol. The molecule has 0 saturated carbocycles. The van der Waals surface area contributed by atoms with E-state index in [0.29, 0.717) is 38.8 Å². The second-order valence-corrected chi connectivity index (χ2v) is 14.2. The number of nitrogens with two attached hydrogens (primary N) is 1. The van der Waals surface area contributed by atoms with Gasteiger partial charge in [0.1, 0.15) is 30.2 Å². The number of carboxylic acid groups (broad SMARTS) is 1. The molecule has 0 aliphatic carbocycles. The Morgan fingerprint density at radius 2 is 1.40 bits per heavy atom. The molecule has 13 heteroatoms. The number of nitrogens with one attached hydrogen (secondary N) is 3. The van der Waals surface area contributed by atoms with Crippen molar-refractivity contribution in [1.82, 2.24) is 25.8 Å². The molecule has 48 heavy (non-hydrogen) atoms. The van der Waals surface area contributed by atoms with E-state index in [4.69, 9.17) is 5.73 Å². The van der Waals surface area contributed by atoms with Gasteiger partial charge in [-0.15, -0.1) is 0 Å². The molecule has 2 aliphatic rings. The third-order valence-electron chi connectivity index (χ3n) is 9.15. The quantitative estimate of drug-likeness (QED) is 0.185. The maximum Gasteiger partial charge on any atom is 0.326 e. The van der Waals surface area contributed by atoms with Crippen molar-refractivity contribution >= 4 is 35.5 Å². The number of nitrogens with zero attached hydrogens (tertiary/aromatic N) is 2. The molecule has 6 N–H and O–H groups in total. The summed E-state index contributed by atoms with van der Waals surface area (Å²) >= 11 is 0. The second kappa shape index (κ2) is 17.4. The highest BCUT2D eigenvalue weighted by Gasteiger charge is 2.44. The minimum absolute atomic E-state index is 0.0124. The number of hydrogen-bond acceptors (Lipinski definition) is 7. The number of amides is 5. The highest BCUT2D eigenvalue weighted by molar-refractivity contribution is 5.97. The maximum absolute atomic E-state index is 14.0. The van der Waals surface area contributed by atoms with Crippen LogP contribution in [0, 0.1) is 17.8 Å². The molecule has 5 amide bonds. The molecule has 2 fully saturated rings. The van der Waals surface area contributed by atoms with Gasteiger partial charge in [-0.25, -0.2) is 4.79 Å². The number of carboxylic acids is 1. The summed E-state index contributed by atoms with van der Waals surface area (Å²) in [7, 11) is 0. The Morgan fingerprint density at radius 1 is 0.792 bits per heavy atom. The van der Waals surface area contributed by atoms with Crippen LogP contribution in [0.15, 0.2) is 30.3 Å². The molecular formula is C35H54N6O7. The molecule has 6 atom stereocenters. The highest BCUT2D eigenvalue weighted by Crippen LogP contribution is 2.26. The zero-order valence-electron chi connectivity index (χ0n) is 29.1. The molecule has 0 bridgehead atoms. The lowest BCUT2D eigenvalue weighted by Crippen LogP contribution is -2.59. The smallest absolute Gasteiger partial charge is 0.326 e. The van der Waals surface area contributed by atoms with E-state index in [-0.39, 0.29) is 42.4 Å². The molecule has 3 rings (SSSR count). The number of carbonyl (C=O) groups is 6. The maximum atomic E-state index is 14.0. The van der Waals surface area contributed by atoms with Crippen LogP contribution in [-0.2, 0) is 35.2 Å². The Morgan fingerprint density at radius 3 is 1.96 bits per heavy atom. The van der Waals surface area contributed by atoms with Gasteiger partial charge in [-0.1, -0.05) is 71.9 Å². The van der Waals surface area contributed by atoms with Gasteiger partial charge in [0.2, 0.25) is 29.5 Å². The van der Waals surface area contributed by atoms with E-state index in [9.17, 15) is 33.9 Å². The Kier molecular flexibility index (Phi) is 13.9. The lowest BCUT2D eigenvalue weighted by molar-refractivity contribution is -0.148. The Labute approximate surface area is 283 Å². The van der Waals surface area contributed by atoms with Gasteiger partial charge in [-0.05, 0) is 55.4 Å². The van der Waals surface area contributed by atoms with E-state index in [1.54, 1.807) is 0 Å². The molecule has 266 valence electrons. The Hall–Kier alpha value is -4.00. The number of likely N-dealkylation sites (tertiary alicyclic amines) is 2. The SMILES string of the molecule is CC(C)C[C@H](NC(=O)[C@H](Cc1ccccc1)NC(=O)[C@@H]1CCCN1C(=O)[C@@H]1CCCN1C(=O)[C@@H](NC(=O)[C@@H](N)C(C)C)C(C)C)C(=O)O. The first-order chi connectivity index (χ1) is 22.6. The van der Waals surface area contributed by atoms with Crippen molar-refractivity contribution in [2.75, 3.05) is 13.1 Å². The zero-order valence-corrected chi connectivity index (χ0v) is 29.1. The minimum Gasteiger partial charge on any atom is -0.480 e. The van der Waals surface area contributed by atoms with Crippen LogP contribution in [0.3, 0.4) is 0 Å². The Bertz CT molecular complexity index is 1300. The number of benzene rings is 1. The predicted octanol–water partition coefficient (Wildman–Crippen LogP) is 1.44. The summed E-state index contributed by atoms with van der Waals surface area (Å²) in [6.07, 6.45) is 2.30. The summed E-state index contributed by atoms with van der Waals surface area (Å²) in [6, 6.07) is 3.58. The molecule has 1 aromatic carbocycles. The van der Waals surface area contributed by atoms with E-state index in [1.807, 2.05) is 71.9 Å². The second-order valence-electron chi connectivity index (χ2n) is 14.2. The van der Waals surface area contributed by atoms with E-state index in [0.717, 1.165) is 5.56 Å². The molecule has 13 nitrogen and oxygen atoms in total. The van der Waals surface area contributed by atoms with E-state index in [1.165, 1.54) is 9.80 Å². The molecule has 0 aromatic heterocycles. The number of aliphatic carboxylic acids is 1. The third-order valence-corrected chi connectivity index (χ3v) is 9.15. The Balaban J connectivity index is 1.77. The van der Waals surface area contributed by atoms with Crippen LogP contribution in [0.25, 0.3) is 0 Å². The summed E-state index contributed by atoms with van der Waals surface area (Å²) < 4.78 is 0. The van der Waals surface area contributed by atoms with Crippen molar-refractivity contribution < 1.29 is 33.9 Å². The summed E-state index contributed by atoms with van der Waals surface area (Å²) in [5, 5.41) is 17.9. The van der Waals surface area contributed by atoms with Gasteiger partial charge in [0.25, 0.3) is 0 Å². The summed E-state index contributed by atoms with van der Waals surface area (Å²) in [6.45, 7) is 11.7. The zero-order chi connectivity index (χ0) is 35.7. The molecule has 0 spiro atoms. The summed E-state index contributed by atoms with van der Waals surface area (Å²) in [4.78, 5) is 82.7. The standard InChI is InChI=1S/C35H54N6O7/c1-20(2)18-25(35(47)48)38-30(42)24(19-23-12-8-7-9-13-23)37-31(43)26-14-10-16-40(26)33(45)27-15-11-17-41(27)34(46)29(22(5)6)39-32(44)28(36)21(3)4/h7-9,12-13,20-22,24-29H,10-11,14-19,36H2,1-6H3,(H,37,43)(H,38,42)(H,39,44)(H,47,48)/t24-,25-,26-,27-,28-,29-/m0/s1. The first-order valence-corrected chi connectivity index (χ1v) is 17.2. The van der Waals surface area contributed by atoms with Crippen LogP contribution in [-0.4, -0.2) is 99.8 Å². The van der Waals surface area contributed by atoms with Crippen molar-refractivity contribution in [3.05, 3.63) is 35.9 Å². The van der Waals surface area contributed by atoms with Crippen molar-refractivity contribution in [1.29, 1.82) is 0 Å². The molecule has 0 unspecified atom stereocenters. The van der Waals surface area contributed by atoms with Gasteiger partial charge in [-0.2, -0.15) is 0 Å². The van der Waals surface area contributed by atoms with Gasteiger partial charge in [-0.3, -0.25) is 24.0 Å². The van der Waals surface area contributed by atoms with Crippen molar-refractivity contribution in [2.45, 2.75) is 116 Å². The number of carbonyl (C=O) groups excluding carboxylic acids is 5. The molecule has 0 radical (unpaired) electrons. The van der Waals surface area contributed by atoms with E-state index >= 15 is 0 Å². The van der Waals surface area contributed by atoms with Gasteiger partial charge in [0.05, 0.1) is 6.04 Å². The fraction of sp³-hybridized carbons (Fsp3) is 0.657. The van der Waals surface area contributed by atoms with Gasteiger partial charge in [0.15, 0.2) is 0 Å². The van der Waals surface area contributed by atoms with Crippen molar-refractivity contribution in [3.63, 3.8) is 0 Å². The lowest BCUT2D eigenvalue weighted by Gasteiger charge is -2.34. The van der Waals surface area contributed by atoms with E-state index < -0.39 is 59.9 Å². The van der Waals surface area contributed by atoms with Crippen LogP contribution >= 0.6 is 0 Å². The van der Waals surface area contributed by atoms with Crippen molar-refractivity contribution in [3.8, 4) is 0 Å². The number of hydrogen-bond donors (Lipinski definition) is 5. The van der Waals surface area contributed by atoms with Gasteiger partial charge in [0, 0.05) is 19.5 Å². The van der Waals surface area contributed by atoms with Crippen LogP contribution in [0.1, 0.15) is 79.2 Å². The third kappa shape index (κ3) is 10.0. The largest absolute Gasteiger partial charge is 0.480 e. The minimum atomic E-state index is -1.16. The molecule has 2 heterocycles. The topological polar surface area (TPSA) is 191 Å². The number of rotatable bonds is 15. The fourth-order valence-electron chi connectivity index (χ4n) is 6.32. The average molecular weight is 671 g/mol. The normalized spacial score (nSPS) is 20.4. The predicted molar refractivity (Wildman–Crippen MR) is 180 cm³/mol. The lowest BCUT2D eigenvalue weighted by atomic mass is 9.99. The molecule has 2 aliphatic heterocycles. The van der Waals surface area contributed by atoms with Crippen LogP contribution in [0.4, 0.5) is 0 Å². The first kappa shape index (κ1) is 38.4. The summed E-state index contributed by atoms with van der Waals surface area (Å²) in [5.74, 6) is -3.80. The van der Waals surface area contributed by atoms with Gasteiger partial charge < -0.3 is 36.6 Å². The molecular weight excluding hydrogens is 616 g/mol. The fourth-order valence-corrected chi connectivity index (χ4v) is 6.32. The van der Waals surface area contributed by atoms with Gasteiger partial charge >= 0.3 is 5.97 Å². The van der Waals surface area contributed by atoms with E-state index in [2.05, 4.69) is 16.0 Å². The molecule has 1 aromatic rings. The highest BCUT2D eigenvalue weighted by atomic mass is 16.4. The first-order valence-electron chi connectivity index (χ1n) is 17.2.